The van der Waals surface area contributed by atoms with Crippen LogP contribution in [0.5, 0.6) is 0 Å². The maximum atomic E-state index is 12.5. The number of para-hydroxylation sites is 1. The van der Waals surface area contributed by atoms with Crippen molar-refractivity contribution in [3.05, 3.63) is 35.7 Å². The van der Waals surface area contributed by atoms with Crippen LogP contribution in [-0.2, 0) is 7.05 Å². The fourth-order valence-corrected chi connectivity index (χ4v) is 2.49. The highest BCUT2D eigenvalue weighted by Gasteiger charge is 2.19. The molecule has 0 unspecified atom stereocenters. The van der Waals surface area contributed by atoms with Crippen molar-refractivity contribution in [1.82, 2.24) is 9.78 Å². The van der Waals surface area contributed by atoms with E-state index in [0.717, 1.165) is 0 Å². The predicted molar refractivity (Wildman–Crippen MR) is 78.6 cm³/mol. The molecule has 8 heteroatoms. The average Bonchev–Trinajstić information content (AvgIpc) is 2.65. The number of hydrogen-bond acceptors (Lipinski definition) is 4. The first-order chi connectivity index (χ1) is 9.90. The number of alkyl halides is 2. The molecule has 0 aliphatic carbocycles. The van der Waals surface area contributed by atoms with Crippen LogP contribution >= 0.6 is 11.8 Å². The summed E-state index contributed by atoms with van der Waals surface area (Å²) < 4.78 is 26.4. The molecule has 0 bridgehead atoms. The topological polar surface area (TPSA) is 72.9 Å². The van der Waals surface area contributed by atoms with Gasteiger partial charge in [0.1, 0.15) is 5.69 Å². The van der Waals surface area contributed by atoms with Crippen molar-refractivity contribution in [3.63, 3.8) is 0 Å². The third-order valence-electron chi connectivity index (χ3n) is 2.83. The maximum Gasteiger partial charge on any atom is 0.288 e. The van der Waals surface area contributed by atoms with Gasteiger partial charge < -0.3 is 11.1 Å². The number of hydrogen-bond donors (Lipinski definition) is 2. The van der Waals surface area contributed by atoms with Gasteiger partial charge in [0.05, 0.1) is 17.1 Å². The van der Waals surface area contributed by atoms with Crippen molar-refractivity contribution in [1.29, 1.82) is 0 Å². The van der Waals surface area contributed by atoms with Gasteiger partial charge in [-0.3, -0.25) is 9.48 Å². The van der Waals surface area contributed by atoms with E-state index in [1.807, 2.05) is 0 Å². The monoisotopic (exact) mass is 312 g/mol. The van der Waals surface area contributed by atoms with Gasteiger partial charge in [-0.05, 0) is 19.1 Å². The number of carbonyl (C=O) groups excluding carboxylic acids is 1. The minimum absolute atomic E-state index is 0.198. The second kappa shape index (κ2) is 6.13. The van der Waals surface area contributed by atoms with Gasteiger partial charge in [0.15, 0.2) is 0 Å². The Kier molecular flexibility index (Phi) is 4.46. The fraction of sp³-hybridized carbons (Fsp3) is 0.231. The van der Waals surface area contributed by atoms with Crippen LogP contribution in [0.3, 0.4) is 0 Å². The van der Waals surface area contributed by atoms with Crippen LogP contribution in [0, 0.1) is 6.92 Å². The molecule has 1 aromatic carbocycles. The molecular weight excluding hydrogens is 298 g/mol. The molecule has 0 spiro atoms. The molecule has 112 valence electrons. The Morgan fingerprint density at radius 2 is 2.10 bits per heavy atom. The van der Waals surface area contributed by atoms with Gasteiger partial charge >= 0.3 is 0 Å². The molecule has 0 saturated heterocycles. The molecule has 1 aromatic heterocycles. The highest BCUT2D eigenvalue weighted by Crippen LogP contribution is 2.32. The number of aryl methyl sites for hydroxylation is 2. The Morgan fingerprint density at radius 1 is 1.43 bits per heavy atom. The zero-order valence-electron chi connectivity index (χ0n) is 11.4. The first-order valence-electron chi connectivity index (χ1n) is 6.04. The average molecular weight is 312 g/mol. The Bertz CT molecular complexity index is 672. The fourth-order valence-electron chi connectivity index (χ4n) is 1.89. The molecular formula is C13H14F2N4OS. The Balaban J connectivity index is 2.28. The standard InChI is InChI=1S/C13H14F2N4OS/c1-7-10(16)11(19(2)18-7)12(20)17-8-5-3-4-6-9(8)21-13(14)15/h3-6,13H,16H2,1-2H3,(H,17,20). The molecule has 2 rings (SSSR count). The quantitative estimate of drug-likeness (QED) is 0.852. The Hall–Kier alpha value is -2.09. The number of thioether (sulfide) groups is 1. The second-order valence-electron chi connectivity index (χ2n) is 4.30. The molecule has 21 heavy (non-hydrogen) atoms. The van der Waals surface area contributed by atoms with Gasteiger partial charge in [0.25, 0.3) is 11.7 Å². The summed E-state index contributed by atoms with van der Waals surface area (Å²) in [5, 5.41) is 6.64. The lowest BCUT2D eigenvalue weighted by molar-refractivity contribution is 0.101. The minimum atomic E-state index is -2.56. The van der Waals surface area contributed by atoms with Crippen LogP contribution in [0.2, 0.25) is 0 Å². The third-order valence-corrected chi connectivity index (χ3v) is 3.62. The van der Waals surface area contributed by atoms with Crippen LogP contribution in [0.4, 0.5) is 20.2 Å². The number of halogens is 2. The molecule has 0 atom stereocenters. The van der Waals surface area contributed by atoms with Crippen molar-refractivity contribution in [2.45, 2.75) is 17.6 Å². The molecule has 0 aliphatic rings. The third kappa shape index (κ3) is 3.33. The van der Waals surface area contributed by atoms with E-state index < -0.39 is 11.7 Å². The number of amides is 1. The summed E-state index contributed by atoms with van der Waals surface area (Å²) in [6.07, 6.45) is 0. The summed E-state index contributed by atoms with van der Waals surface area (Å²) in [6.45, 7) is 1.69. The van der Waals surface area contributed by atoms with E-state index in [1.165, 1.54) is 10.7 Å². The molecule has 1 amide bonds. The zero-order chi connectivity index (χ0) is 15.6. The van der Waals surface area contributed by atoms with E-state index in [1.54, 1.807) is 32.2 Å². The van der Waals surface area contributed by atoms with Crippen LogP contribution in [0.25, 0.3) is 0 Å². The van der Waals surface area contributed by atoms with Crippen LogP contribution in [0.1, 0.15) is 16.2 Å². The summed E-state index contributed by atoms with van der Waals surface area (Å²) >= 11 is 0.374. The molecule has 2 aromatic rings. The minimum Gasteiger partial charge on any atom is -0.395 e. The van der Waals surface area contributed by atoms with Crippen molar-refractivity contribution >= 4 is 29.0 Å². The van der Waals surface area contributed by atoms with E-state index in [2.05, 4.69) is 10.4 Å². The van der Waals surface area contributed by atoms with Crippen molar-refractivity contribution < 1.29 is 13.6 Å². The predicted octanol–water partition coefficient (Wildman–Crippen LogP) is 2.88. The maximum absolute atomic E-state index is 12.5. The summed E-state index contributed by atoms with van der Waals surface area (Å²) in [7, 11) is 1.60. The number of nitrogens with zero attached hydrogens (tertiary/aromatic N) is 2. The van der Waals surface area contributed by atoms with E-state index >= 15 is 0 Å². The molecule has 3 N–H and O–H groups in total. The van der Waals surface area contributed by atoms with Crippen LogP contribution < -0.4 is 11.1 Å². The van der Waals surface area contributed by atoms with E-state index in [0.29, 0.717) is 28.0 Å². The van der Waals surface area contributed by atoms with Crippen molar-refractivity contribution in [2.75, 3.05) is 11.1 Å². The van der Waals surface area contributed by atoms with Crippen LogP contribution in [-0.4, -0.2) is 21.4 Å². The van der Waals surface area contributed by atoms with E-state index in [-0.39, 0.29) is 11.4 Å². The van der Waals surface area contributed by atoms with E-state index in [4.69, 9.17) is 5.73 Å². The molecule has 1 heterocycles. The zero-order valence-corrected chi connectivity index (χ0v) is 12.2. The first-order valence-corrected chi connectivity index (χ1v) is 6.92. The number of aromatic nitrogens is 2. The normalized spacial score (nSPS) is 10.9. The summed E-state index contributed by atoms with van der Waals surface area (Å²) in [5.41, 5.74) is 7.13. The number of benzene rings is 1. The summed E-state index contributed by atoms with van der Waals surface area (Å²) in [6, 6.07) is 6.36. The molecule has 0 saturated carbocycles. The highest BCUT2D eigenvalue weighted by atomic mass is 32.2. The van der Waals surface area contributed by atoms with Crippen LogP contribution in [0.15, 0.2) is 29.2 Å². The van der Waals surface area contributed by atoms with Crippen molar-refractivity contribution in [3.8, 4) is 0 Å². The Morgan fingerprint density at radius 3 is 2.67 bits per heavy atom. The Labute approximate surface area is 124 Å². The highest BCUT2D eigenvalue weighted by molar-refractivity contribution is 7.99. The smallest absolute Gasteiger partial charge is 0.288 e. The van der Waals surface area contributed by atoms with Gasteiger partial charge in [-0.15, -0.1) is 0 Å². The lowest BCUT2D eigenvalue weighted by Gasteiger charge is -2.10. The number of anilines is 2. The number of carbonyl (C=O) groups is 1. The SMILES string of the molecule is Cc1nn(C)c(C(=O)Nc2ccccc2SC(F)F)c1N. The summed E-state index contributed by atoms with van der Waals surface area (Å²) in [4.78, 5) is 12.5. The lowest BCUT2D eigenvalue weighted by atomic mass is 10.2. The van der Waals surface area contributed by atoms with E-state index in [9.17, 15) is 13.6 Å². The molecule has 0 aliphatic heterocycles. The van der Waals surface area contributed by atoms with Gasteiger partial charge in [0, 0.05) is 11.9 Å². The van der Waals surface area contributed by atoms with Gasteiger partial charge in [-0.25, -0.2) is 0 Å². The van der Waals surface area contributed by atoms with Crippen molar-refractivity contribution in [2.24, 2.45) is 7.05 Å². The number of nitrogen functional groups attached to an aromatic ring is 1. The first kappa shape index (κ1) is 15.3. The lowest BCUT2D eigenvalue weighted by Crippen LogP contribution is -2.18. The molecule has 5 nitrogen and oxygen atoms in total. The molecule has 0 radical (unpaired) electrons. The number of nitrogens with two attached hydrogens (primary N) is 1. The molecule has 0 fully saturated rings. The van der Waals surface area contributed by atoms with Gasteiger partial charge in [-0.1, -0.05) is 23.9 Å². The largest absolute Gasteiger partial charge is 0.395 e. The second-order valence-corrected chi connectivity index (χ2v) is 5.33. The van der Waals surface area contributed by atoms with Gasteiger partial charge in [-0.2, -0.15) is 13.9 Å². The number of rotatable bonds is 4. The van der Waals surface area contributed by atoms with Gasteiger partial charge in [0.2, 0.25) is 0 Å². The number of nitrogens with one attached hydrogen (secondary N) is 1. The summed E-state index contributed by atoms with van der Waals surface area (Å²) in [5.74, 6) is -3.05.